The molecule has 0 aliphatic carbocycles. The van der Waals surface area contributed by atoms with Crippen molar-refractivity contribution < 1.29 is 9.53 Å². The van der Waals surface area contributed by atoms with Crippen molar-refractivity contribution in [3.8, 4) is 11.1 Å². The summed E-state index contributed by atoms with van der Waals surface area (Å²) in [6, 6.07) is 19.1. The number of benzene rings is 2. The maximum absolute atomic E-state index is 11.9. The maximum atomic E-state index is 11.9. The molecule has 0 saturated carbocycles. The third-order valence-corrected chi connectivity index (χ3v) is 7.40. The predicted octanol–water partition coefficient (Wildman–Crippen LogP) is 6.50. The minimum absolute atomic E-state index is 0.119. The summed E-state index contributed by atoms with van der Waals surface area (Å²) < 4.78 is 6.37. The minimum atomic E-state index is -0.207. The lowest BCUT2D eigenvalue weighted by molar-refractivity contribution is 0.0532. The third kappa shape index (κ3) is 3.84. The molecular formula is C21H21O2PS. The van der Waals surface area contributed by atoms with Crippen LogP contribution in [0.15, 0.2) is 60.0 Å². The monoisotopic (exact) mass is 368 g/mol. The summed E-state index contributed by atoms with van der Waals surface area (Å²) >= 11 is 1.65. The average molecular weight is 368 g/mol. The molecule has 1 heterocycles. The average Bonchev–Trinajstić information content (AvgIpc) is 3.14. The van der Waals surface area contributed by atoms with Crippen LogP contribution in [-0.4, -0.2) is 12.6 Å². The molecule has 0 fully saturated rings. The Labute approximate surface area is 154 Å². The van der Waals surface area contributed by atoms with Crippen molar-refractivity contribution in [3.05, 3.63) is 75.4 Å². The van der Waals surface area contributed by atoms with Crippen LogP contribution in [0.2, 0.25) is 0 Å². The van der Waals surface area contributed by atoms with Gasteiger partial charge in [-0.3, -0.25) is 0 Å². The molecule has 0 atom stereocenters. The van der Waals surface area contributed by atoms with Crippen LogP contribution in [0.1, 0.15) is 41.0 Å². The highest BCUT2D eigenvalue weighted by Gasteiger charge is 2.27. The smallest absolute Gasteiger partial charge is 0.343 e. The molecule has 4 heteroatoms. The van der Waals surface area contributed by atoms with Gasteiger partial charge in [0.2, 0.25) is 0 Å². The summed E-state index contributed by atoms with van der Waals surface area (Å²) in [4.78, 5) is 11.9. The Kier molecular flexibility index (Phi) is 5.36. The Bertz CT molecular complexity index is 851. The highest BCUT2D eigenvalue weighted by Crippen LogP contribution is 2.42. The van der Waals surface area contributed by atoms with Crippen LogP contribution in [0.25, 0.3) is 11.1 Å². The van der Waals surface area contributed by atoms with Gasteiger partial charge in [-0.15, -0.1) is 11.3 Å². The van der Waals surface area contributed by atoms with Crippen molar-refractivity contribution in [3.63, 3.8) is 0 Å². The number of hydrogen-bond acceptors (Lipinski definition) is 3. The van der Waals surface area contributed by atoms with Gasteiger partial charge in [-0.25, -0.2) is 4.79 Å². The van der Waals surface area contributed by atoms with Crippen molar-refractivity contribution in [2.45, 2.75) is 26.2 Å². The molecule has 0 unspecified atom stereocenters. The predicted molar refractivity (Wildman–Crippen MR) is 107 cm³/mol. The summed E-state index contributed by atoms with van der Waals surface area (Å²) in [5.41, 5.74) is 3.57. The number of ether oxygens (including phenoxy) is 1. The second kappa shape index (κ2) is 7.51. The molecule has 2 nitrogen and oxygen atoms in total. The van der Waals surface area contributed by atoms with Gasteiger partial charge in [0.15, 0.2) is 0 Å². The van der Waals surface area contributed by atoms with Crippen LogP contribution in [0, 0.1) is 0 Å². The zero-order valence-corrected chi connectivity index (χ0v) is 16.4. The molecule has 1 aromatic heterocycles. The van der Waals surface area contributed by atoms with E-state index in [1.807, 2.05) is 18.4 Å². The highest BCUT2D eigenvalue weighted by molar-refractivity contribution is 7.43. The zero-order chi connectivity index (χ0) is 17.9. The van der Waals surface area contributed by atoms with Crippen LogP contribution >= 0.6 is 19.5 Å². The summed E-state index contributed by atoms with van der Waals surface area (Å²) in [7, 11) is 0.961. The van der Waals surface area contributed by atoms with E-state index in [4.69, 9.17) is 4.74 Å². The molecule has 0 saturated heterocycles. The van der Waals surface area contributed by atoms with E-state index >= 15 is 0 Å². The Morgan fingerprint density at radius 3 is 2.32 bits per heavy atom. The van der Waals surface area contributed by atoms with E-state index < -0.39 is 0 Å². The summed E-state index contributed by atoms with van der Waals surface area (Å²) in [6.07, 6.45) is 0. The number of carbonyl (C=O) groups excluding carboxylic acids is 1. The Balaban J connectivity index is 1.86. The molecule has 128 valence electrons. The van der Waals surface area contributed by atoms with Crippen LogP contribution in [0.4, 0.5) is 0 Å². The molecule has 0 aliphatic heterocycles. The van der Waals surface area contributed by atoms with Crippen LogP contribution in [-0.2, 0) is 10.2 Å². The molecule has 2 aromatic carbocycles. The van der Waals surface area contributed by atoms with Gasteiger partial charge in [0, 0.05) is 15.4 Å². The van der Waals surface area contributed by atoms with E-state index in [2.05, 4.69) is 62.4 Å². The van der Waals surface area contributed by atoms with Gasteiger partial charge in [0.25, 0.3) is 0 Å². The molecule has 0 N–H and O–H groups in total. The first-order valence-corrected chi connectivity index (χ1v) is 10.1. The normalized spacial score (nSPS) is 11.6. The van der Waals surface area contributed by atoms with Crippen LogP contribution in [0.3, 0.4) is 0 Å². The van der Waals surface area contributed by atoms with E-state index in [0.717, 1.165) is 13.5 Å². The molecule has 3 rings (SSSR count). The van der Waals surface area contributed by atoms with Gasteiger partial charge in [-0.05, 0) is 31.8 Å². The van der Waals surface area contributed by atoms with E-state index in [0.29, 0.717) is 6.61 Å². The SMILES string of the molecule is CCOC(=O)c1csc(C(C)(C)c2ccc(-c3ccccc3)cc2)p1. The molecule has 0 bridgehead atoms. The quantitative estimate of drug-likeness (QED) is 0.481. The van der Waals surface area contributed by atoms with E-state index in [-0.39, 0.29) is 11.4 Å². The van der Waals surface area contributed by atoms with E-state index in [1.165, 1.54) is 21.3 Å². The van der Waals surface area contributed by atoms with Crippen LogP contribution in [0.5, 0.6) is 0 Å². The molecular weight excluding hydrogens is 347 g/mol. The number of rotatable bonds is 5. The minimum Gasteiger partial charge on any atom is -0.462 e. The Hall–Kier alpha value is -1.96. The second-order valence-corrected chi connectivity index (χ2v) is 8.66. The Morgan fingerprint density at radius 2 is 1.68 bits per heavy atom. The molecule has 0 spiro atoms. The molecule has 0 radical (unpaired) electrons. The van der Waals surface area contributed by atoms with Crippen molar-refractivity contribution >= 4 is 25.5 Å². The number of hydrogen-bond donors (Lipinski definition) is 0. The van der Waals surface area contributed by atoms with Gasteiger partial charge >= 0.3 is 5.97 Å². The molecule has 3 aromatic rings. The first-order valence-electron chi connectivity index (χ1n) is 8.31. The number of carbonyl (C=O) groups is 1. The lowest BCUT2D eigenvalue weighted by Gasteiger charge is -2.23. The molecule has 0 aliphatic rings. The van der Waals surface area contributed by atoms with Crippen molar-refractivity contribution in [2.75, 3.05) is 6.61 Å². The van der Waals surface area contributed by atoms with Gasteiger partial charge in [0.1, 0.15) is 0 Å². The van der Waals surface area contributed by atoms with Crippen molar-refractivity contribution in [1.82, 2.24) is 0 Å². The third-order valence-electron chi connectivity index (χ3n) is 4.24. The lowest BCUT2D eigenvalue weighted by atomic mass is 9.86. The van der Waals surface area contributed by atoms with Gasteiger partial charge < -0.3 is 4.74 Å². The summed E-state index contributed by atoms with van der Waals surface area (Å²) in [5, 5.41) is 2.66. The van der Waals surface area contributed by atoms with E-state index in [1.54, 1.807) is 11.3 Å². The van der Waals surface area contributed by atoms with Crippen molar-refractivity contribution in [2.24, 2.45) is 0 Å². The standard InChI is InChI=1S/C21H21O2PS/c1-4-23-19(22)18-14-25-20(24-18)21(2,3)17-12-10-16(11-13-17)15-8-6-5-7-9-15/h5-14H,4H2,1-3H3. The molecule has 25 heavy (non-hydrogen) atoms. The Morgan fingerprint density at radius 1 is 1.04 bits per heavy atom. The summed E-state index contributed by atoms with van der Waals surface area (Å²) in [6.45, 7) is 6.67. The highest BCUT2D eigenvalue weighted by atomic mass is 32.1. The van der Waals surface area contributed by atoms with Crippen LogP contribution < -0.4 is 0 Å². The zero-order valence-electron chi connectivity index (χ0n) is 14.7. The molecule has 0 amide bonds. The van der Waals surface area contributed by atoms with E-state index in [9.17, 15) is 4.79 Å². The summed E-state index contributed by atoms with van der Waals surface area (Å²) in [5.74, 6) is -0.207. The first-order chi connectivity index (χ1) is 12.0. The fourth-order valence-corrected chi connectivity index (χ4v) is 5.24. The van der Waals surface area contributed by atoms with Gasteiger partial charge in [-0.1, -0.05) is 68.4 Å². The fourth-order valence-electron chi connectivity index (χ4n) is 2.69. The lowest BCUT2D eigenvalue weighted by Crippen LogP contribution is -2.16. The van der Waals surface area contributed by atoms with Gasteiger partial charge in [0.05, 0.1) is 11.9 Å². The largest absolute Gasteiger partial charge is 0.462 e. The maximum Gasteiger partial charge on any atom is 0.343 e. The van der Waals surface area contributed by atoms with Crippen molar-refractivity contribution in [1.29, 1.82) is 0 Å². The fraction of sp³-hybridized carbons (Fsp3) is 0.238. The number of esters is 1. The topological polar surface area (TPSA) is 26.3 Å². The second-order valence-electron chi connectivity index (χ2n) is 6.33. The van der Waals surface area contributed by atoms with Gasteiger partial charge in [-0.2, -0.15) is 0 Å². The first kappa shape index (κ1) is 17.8.